The molecular weight excluding hydrogens is 383 g/mol. The molecule has 0 aromatic heterocycles. The predicted octanol–water partition coefficient (Wildman–Crippen LogP) is 3.89. The predicted molar refractivity (Wildman–Crippen MR) is 105 cm³/mol. The first-order valence-corrected chi connectivity index (χ1v) is 9.70. The van der Waals surface area contributed by atoms with Crippen LogP contribution in [0.2, 0.25) is 0 Å². The van der Waals surface area contributed by atoms with E-state index in [9.17, 15) is 17.6 Å². The van der Waals surface area contributed by atoms with Crippen LogP contribution in [0.25, 0.3) is 0 Å². The van der Waals surface area contributed by atoms with Crippen LogP contribution >= 0.6 is 0 Å². The Kier molecular flexibility index (Phi) is 5.60. The van der Waals surface area contributed by atoms with Gasteiger partial charge in [0.2, 0.25) is 0 Å². The van der Waals surface area contributed by atoms with Crippen molar-refractivity contribution < 1.29 is 22.3 Å². The quantitative estimate of drug-likeness (QED) is 0.658. The monoisotopic (exact) mass is 400 g/mol. The number of benzene rings is 3. The second-order valence-corrected chi connectivity index (χ2v) is 7.48. The highest BCUT2D eigenvalue weighted by Crippen LogP contribution is 2.26. The van der Waals surface area contributed by atoms with Gasteiger partial charge in [-0.25, -0.2) is 12.8 Å². The minimum absolute atomic E-state index is 0.0923. The van der Waals surface area contributed by atoms with E-state index < -0.39 is 21.7 Å². The van der Waals surface area contributed by atoms with Gasteiger partial charge in [-0.15, -0.1) is 0 Å². The lowest BCUT2D eigenvalue weighted by molar-refractivity contribution is 0.102. The summed E-state index contributed by atoms with van der Waals surface area (Å²) in [6.07, 6.45) is 0. The lowest BCUT2D eigenvalue weighted by Gasteiger charge is -2.12. The third-order valence-corrected chi connectivity index (χ3v) is 5.20. The van der Waals surface area contributed by atoms with E-state index in [-0.39, 0.29) is 21.8 Å². The maximum atomic E-state index is 13.3. The second kappa shape index (κ2) is 8.10. The summed E-state index contributed by atoms with van der Waals surface area (Å²) < 4.78 is 46.2. The molecular formula is C20H17FN2O4S. The minimum atomic E-state index is -3.95. The van der Waals surface area contributed by atoms with Crippen molar-refractivity contribution in [2.24, 2.45) is 0 Å². The van der Waals surface area contributed by atoms with E-state index in [0.29, 0.717) is 5.75 Å². The fourth-order valence-corrected chi connectivity index (χ4v) is 3.62. The van der Waals surface area contributed by atoms with E-state index in [0.717, 1.165) is 0 Å². The Morgan fingerprint density at radius 3 is 2.46 bits per heavy atom. The number of ether oxygens (including phenoxy) is 1. The number of para-hydroxylation sites is 2. The fraction of sp³-hybridized carbons (Fsp3) is 0.0500. The fourth-order valence-electron chi connectivity index (χ4n) is 2.51. The summed E-state index contributed by atoms with van der Waals surface area (Å²) in [6.45, 7) is 0. The average Bonchev–Trinajstić information content (AvgIpc) is 2.68. The molecule has 0 aliphatic heterocycles. The number of carbonyl (C=O) groups excluding carboxylic acids is 1. The molecule has 0 spiro atoms. The molecule has 0 saturated heterocycles. The molecule has 0 saturated carbocycles. The first-order valence-electron chi connectivity index (χ1n) is 8.22. The van der Waals surface area contributed by atoms with Crippen LogP contribution in [0.5, 0.6) is 5.75 Å². The number of hydrogen-bond donors (Lipinski definition) is 2. The lowest BCUT2D eigenvalue weighted by atomic mass is 10.2. The van der Waals surface area contributed by atoms with Gasteiger partial charge in [0.05, 0.1) is 17.7 Å². The Balaban J connectivity index is 1.84. The van der Waals surface area contributed by atoms with Crippen molar-refractivity contribution in [2.75, 3.05) is 17.1 Å². The van der Waals surface area contributed by atoms with E-state index in [1.807, 2.05) is 0 Å². The summed E-state index contributed by atoms with van der Waals surface area (Å²) in [6, 6.07) is 17.5. The van der Waals surface area contributed by atoms with E-state index in [1.165, 1.54) is 55.6 Å². The van der Waals surface area contributed by atoms with Crippen molar-refractivity contribution in [1.82, 2.24) is 0 Å². The number of halogens is 1. The largest absolute Gasteiger partial charge is 0.495 e. The molecule has 3 aromatic rings. The van der Waals surface area contributed by atoms with E-state index in [4.69, 9.17) is 4.74 Å². The van der Waals surface area contributed by atoms with Gasteiger partial charge in [0.1, 0.15) is 11.6 Å². The number of amides is 1. The third-order valence-electron chi connectivity index (χ3n) is 3.84. The van der Waals surface area contributed by atoms with Gasteiger partial charge in [-0.05, 0) is 48.5 Å². The molecule has 0 bridgehead atoms. The normalized spacial score (nSPS) is 10.9. The summed E-state index contributed by atoms with van der Waals surface area (Å²) in [5.74, 6) is -0.679. The van der Waals surface area contributed by atoms with Crippen LogP contribution < -0.4 is 14.8 Å². The van der Waals surface area contributed by atoms with Crippen molar-refractivity contribution in [3.05, 3.63) is 84.2 Å². The molecule has 28 heavy (non-hydrogen) atoms. The van der Waals surface area contributed by atoms with Gasteiger partial charge < -0.3 is 10.1 Å². The molecule has 0 radical (unpaired) electrons. The Morgan fingerprint density at radius 1 is 0.964 bits per heavy atom. The molecule has 1 amide bonds. The molecule has 6 nitrogen and oxygen atoms in total. The molecule has 0 aliphatic carbocycles. The third kappa shape index (κ3) is 4.47. The van der Waals surface area contributed by atoms with Crippen molar-refractivity contribution in [1.29, 1.82) is 0 Å². The van der Waals surface area contributed by atoms with Crippen molar-refractivity contribution in [3.8, 4) is 5.75 Å². The maximum absolute atomic E-state index is 13.3. The van der Waals surface area contributed by atoms with Crippen LogP contribution in [-0.4, -0.2) is 21.4 Å². The molecule has 2 N–H and O–H groups in total. The first-order chi connectivity index (χ1) is 13.4. The first kappa shape index (κ1) is 19.4. The number of methoxy groups -OCH3 is 1. The lowest BCUT2D eigenvalue weighted by Crippen LogP contribution is -2.16. The molecule has 0 aliphatic rings. The highest BCUT2D eigenvalue weighted by molar-refractivity contribution is 7.92. The van der Waals surface area contributed by atoms with Crippen LogP contribution in [0.15, 0.2) is 77.7 Å². The van der Waals surface area contributed by atoms with Gasteiger partial charge in [-0.3, -0.25) is 9.52 Å². The molecule has 0 heterocycles. The summed E-state index contributed by atoms with van der Waals surface area (Å²) in [5, 5.41) is 2.53. The van der Waals surface area contributed by atoms with Gasteiger partial charge in [0.15, 0.2) is 0 Å². The standard InChI is InChI=1S/C20H17FN2O4S/c1-27-19-11-3-2-10-18(19)23-28(25,26)17-9-4-6-14(12-17)20(24)22-16-8-5-7-15(21)13-16/h2-13,23H,1H3,(H,22,24). The molecule has 3 aromatic carbocycles. The SMILES string of the molecule is COc1ccccc1NS(=O)(=O)c1cccc(C(=O)Nc2cccc(F)c2)c1. The smallest absolute Gasteiger partial charge is 0.262 e. The van der Waals surface area contributed by atoms with E-state index >= 15 is 0 Å². The van der Waals surface area contributed by atoms with Crippen LogP contribution in [-0.2, 0) is 10.0 Å². The molecule has 3 rings (SSSR count). The Bertz CT molecular complexity index is 1120. The van der Waals surface area contributed by atoms with Crippen molar-refractivity contribution >= 4 is 27.3 Å². The molecule has 0 fully saturated rings. The van der Waals surface area contributed by atoms with E-state index in [2.05, 4.69) is 10.0 Å². The summed E-state index contributed by atoms with van der Waals surface area (Å²) in [4.78, 5) is 12.3. The zero-order valence-electron chi connectivity index (χ0n) is 14.8. The van der Waals surface area contributed by atoms with Crippen LogP contribution in [0.4, 0.5) is 15.8 Å². The number of sulfonamides is 1. The van der Waals surface area contributed by atoms with Crippen molar-refractivity contribution in [3.63, 3.8) is 0 Å². The van der Waals surface area contributed by atoms with Gasteiger partial charge in [0, 0.05) is 11.3 Å². The number of carbonyl (C=O) groups is 1. The van der Waals surface area contributed by atoms with Crippen LogP contribution in [0.1, 0.15) is 10.4 Å². The number of nitrogens with one attached hydrogen (secondary N) is 2. The highest BCUT2D eigenvalue weighted by Gasteiger charge is 2.18. The molecule has 8 heteroatoms. The van der Waals surface area contributed by atoms with Crippen LogP contribution in [0.3, 0.4) is 0 Å². The average molecular weight is 400 g/mol. The van der Waals surface area contributed by atoms with Crippen molar-refractivity contribution in [2.45, 2.75) is 4.90 Å². The Morgan fingerprint density at radius 2 is 1.71 bits per heavy atom. The van der Waals surface area contributed by atoms with Crippen LogP contribution in [0, 0.1) is 5.82 Å². The number of rotatable bonds is 6. The zero-order valence-corrected chi connectivity index (χ0v) is 15.7. The molecule has 0 atom stereocenters. The topological polar surface area (TPSA) is 84.5 Å². The second-order valence-electron chi connectivity index (χ2n) is 5.80. The summed E-state index contributed by atoms with van der Waals surface area (Å²) in [5.41, 5.74) is 0.664. The van der Waals surface area contributed by atoms with E-state index in [1.54, 1.807) is 24.3 Å². The van der Waals surface area contributed by atoms with Gasteiger partial charge in [0.25, 0.3) is 15.9 Å². The van der Waals surface area contributed by atoms with Gasteiger partial charge >= 0.3 is 0 Å². The van der Waals surface area contributed by atoms with Gasteiger partial charge in [-0.1, -0.05) is 24.3 Å². The highest BCUT2D eigenvalue weighted by atomic mass is 32.2. The summed E-state index contributed by atoms with van der Waals surface area (Å²) in [7, 11) is -2.52. The summed E-state index contributed by atoms with van der Waals surface area (Å²) >= 11 is 0. The number of anilines is 2. The molecule has 0 unspecified atom stereocenters. The Labute approximate surface area is 162 Å². The molecule has 144 valence electrons. The van der Waals surface area contributed by atoms with Gasteiger partial charge in [-0.2, -0.15) is 0 Å². The minimum Gasteiger partial charge on any atom is -0.495 e. The Hall–Kier alpha value is -3.39. The zero-order chi connectivity index (χ0) is 20.1. The number of hydrogen-bond acceptors (Lipinski definition) is 4. The maximum Gasteiger partial charge on any atom is 0.262 e.